The Labute approximate surface area is 202 Å². The predicted octanol–water partition coefficient (Wildman–Crippen LogP) is 4.61. The summed E-state index contributed by atoms with van der Waals surface area (Å²) in [5.74, 6) is 1.65. The summed E-state index contributed by atoms with van der Waals surface area (Å²) >= 11 is 1.62. The molecule has 0 saturated carbocycles. The number of rotatable bonds is 4. The maximum Gasteiger partial charge on any atom is 0.186 e. The van der Waals surface area contributed by atoms with Gasteiger partial charge in [0.2, 0.25) is 0 Å². The van der Waals surface area contributed by atoms with Crippen LogP contribution >= 0.6 is 28.3 Å². The van der Waals surface area contributed by atoms with Crippen molar-refractivity contribution in [3.63, 3.8) is 0 Å². The van der Waals surface area contributed by atoms with Gasteiger partial charge in [0.05, 0.1) is 29.4 Å². The number of hydrogen-bond donors (Lipinski definition) is 0. The summed E-state index contributed by atoms with van der Waals surface area (Å²) in [7, 11) is 0. The summed E-state index contributed by atoms with van der Waals surface area (Å²) < 4.78 is 7.62. The fourth-order valence-corrected chi connectivity index (χ4v) is 5.16. The number of allylic oxidation sites excluding steroid dienone is 1. The molecule has 2 aliphatic heterocycles. The fourth-order valence-electron chi connectivity index (χ4n) is 4.07. The van der Waals surface area contributed by atoms with Crippen LogP contribution in [-0.4, -0.2) is 46.1 Å². The second kappa shape index (κ2) is 10.4. The average Bonchev–Trinajstić information content (AvgIpc) is 3.35. The lowest BCUT2D eigenvalue weighted by molar-refractivity contribution is 0.122. The van der Waals surface area contributed by atoms with Gasteiger partial charge in [-0.2, -0.15) is 5.26 Å². The summed E-state index contributed by atoms with van der Waals surface area (Å²) in [6.07, 6.45) is 6.26. The van der Waals surface area contributed by atoms with Crippen LogP contribution < -0.4 is 4.90 Å². The van der Waals surface area contributed by atoms with E-state index in [0.717, 1.165) is 66.0 Å². The van der Waals surface area contributed by atoms with Crippen LogP contribution in [0.5, 0.6) is 0 Å². The van der Waals surface area contributed by atoms with Crippen molar-refractivity contribution >= 4 is 45.1 Å². The first-order chi connectivity index (χ1) is 15.3. The molecular formula is C23H25BrN6OS. The Bertz CT molecular complexity index is 1130. The van der Waals surface area contributed by atoms with E-state index in [9.17, 15) is 5.26 Å². The lowest BCUT2D eigenvalue weighted by Crippen LogP contribution is -2.36. The zero-order valence-electron chi connectivity index (χ0n) is 17.7. The van der Waals surface area contributed by atoms with Gasteiger partial charge < -0.3 is 14.2 Å². The fraction of sp³-hybridized carbons (Fsp3) is 0.391. The number of hydrogen-bond acceptors (Lipinski definition) is 7. The monoisotopic (exact) mass is 512 g/mol. The van der Waals surface area contributed by atoms with E-state index >= 15 is 0 Å². The van der Waals surface area contributed by atoms with Gasteiger partial charge in [0.25, 0.3) is 0 Å². The first kappa shape index (κ1) is 22.6. The number of nitrogens with zero attached hydrogens (tertiary/aromatic N) is 6. The van der Waals surface area contributed by atoms with Crippen LogP contribution in [0.25, 0.3) is 22.9 Å². The van der Waals surface area contributed by atoms with Crippen molar-refractivity contribution in [1.29, 1.82) is 5.26 Å². The topological polar surface area (TPSA) is 79.9 Å². The van der Waals surface area contributed by atoms with Crippen molar-refractivity contribution in [1.82, 2.24) is 19.7 Å². The molecule has 0 radical (unpaired) electrons. The van der Waals surface area contributed by atoms with Crippen molar-refractivity contribution in [3.8, 4) is 17.3 Å². The molecule has 0 atom stereocenters. The molecule has 0 N–H and O–H groups in total. The van der Waals surface area contributed by atoms with Crippen LogP contribution in [0.1, 0.15) is 35.8 Å². The van der Waals surface area contributed by atoms with E-state index in [0.29, 0.717) is 24.6 Å². The minimum absolute atomic E-state index is 0. The van der Waals surface area contributed by atoms with Crippen LogP contribution in [0.2, 0.25) is 0 Å². The van der Waals surface area contributed by atoms with Gasteiger partial charge >= 0.3 is 0 Å². The highest BCUT2D eigenvalue weighted by Crippen LogP contribution is 2.36. The Morgan fingerprint density at radius 2 is 1.88 bits per heavy atom. The molecule has 4 heterocycles. The van der Waals surface area contributed by atoms with Gasteiger partial charge in [-0.05, 0) is 18.9 Å². The first-order valence-corrected chi connectivity index (χ1v) is 11.6. The first-order valence-electron chi connectivity index (χ1n) is 10.8. The van der Waals surface area contributed by atoms with E-state index in [-0.39, 0.29) is 17.0 Å². The summed E-state index contributed by atoms with van der Waals surface area (Å²) in [5, 5.41) is 19.7. The second-order valence-corrected chi connectivity index (χ2v) is 8.76. The number of aromatic nitrogens is 4. The normalized spacial score (nSPS) is 16.6. The molecule has 1 saturated heterocycles. The maximum atomic E-state index is 10.0. The van der Waals surface area contributed by atoms with Crippen LogP contribution in [-0.2, 0) is 17.7 Å². The van der Waals surface area contributed by atoms with Gasteiger partial charge in [0.15, 0.2) is 11.0 Å². The third-order valence-electron chi connectivity index (χ3n) is 5.72. The molecule has 0 spiro atoms. The van der Waals surface area contributed by atoms with Crippen molar-refractivity contribution in [3.05, 3.63) is 46.9 Å². The minimum Gasteiger partial charge on any atom is -0.378 e. The number of morpholine rings is 1. The third-order valence-corrected chi connectivity index (χ3v) is 6.78. The lowest BCUT2D eigenvalue weighted by Gasteiger charge is -2.26. The summed E-state index contributed by atoms with van der Waals surface area (Å²) in [4.78, 5) is 8.19. The Hall–Kier alpha value is -2.54. The van der Waals surface area contributed by atoms with Gasteiger partial charge in [0.1, 0.15) is 11.9 Å². The Balaban J connectivity index is 0.00000245. The molecule has 1 aromatic carbocycles. The molecular weight excluding hydrogens is 488 g/mol. The van der Waals surface area contributed by atoms with E-state index < -0.39 is 0 Å². The molecule has 2 aliphatic rings. The van der Waals surface area contributed by atoms with Crippen LogP contribution in [0.3, 0.4) is 0 Å². The number of benzene rings is 1. The quantitative estimate of drug-likeness (QED) is 0.475. The Morgan fingerprint density at radius 3 is 2.66 bits per heavy atom. The van der Waals surface area contributed by atoms with Crippen molar-refractivity contribution in [2.45, 2.75) is 32.2 Å². The van der Waals surface area contributed by atoms with Crippen LogP contribution in [0, 0.1) is 11.3 Å². The molecule has 32 heavy (non-hydrogen) atoms. The molecule has 9 heteroatoms. The highest BCUT2D eigenvalue weighted by Gasteiger charge is 2.22. The highest BCUT2D eigenvalue weighted by molar-refractivity contribution is 8.93. The number of nitriles is 1. The summed E-state index contributed by atoms with van der Waals surface area (Å²) in [6.45, 7) is 3.94. The predicted molar refractivity (Wildman–Crippen MR) is 132 cm³/mol. The van der Waals surface area contributed by atoms with Gasteiger partial charge in [-0.1, -0.05) is 48.1 Å². The molecule has 1 fully saturated rings. The van der Waals surface area contributed by atoms with Crippen molar-refractivity contribution < 1.29 is 4.74 Å². The number of ether oxygens (including phenoxy) is 1. The zero-order chi connectivity index (χ0) is 21.0. The van der Waals surface area contributed by atoms with E-state index in [2.05, 4.69) is 37.9 Å². The van der Waals surface area contributed by atoms with Crippen LogP contribution in [0.4, 0.5) is 5.13 Å². The molecule has 7 nitrogen and oxygen atoms in total. The van der Waals surface area contributed by atoms with Gasteiger partial charge in [-0.25, -0.2) is 4.98 Å². The minimum atomic E-state index is 0. The number of anilines is 1. The van der Waals surface area contributed by atoms with E-state index in [4.69, 9.17) is 9.72 Å². The van der Waals surface area contributed by atoms with Crippen molar-refractivity contribution in [2.75, 3.05) is 31.2 Å². The zero-order valence-corrected chi connectivity index (χ0v) is 20.3. The third kappa shape index (κ3) is 4.63. The van der Waals surface area contributed by atoms with E-state index in [1.54, 1.807) is 11.3 Å². The highest BCUT2D eigenvalue weighted by atomic mass is 79.9. The second-order valence-electron chi connectivity index (χ2n) is 7.75. The Morgan fingerprint density at radius 1 is 1.06 bits per heavy atom. The van der Waals surface area contributed by atoms with Gasteiger partial charge in [-0.3, -0.25) is 0 Å². The number of halogens is 1. The molecule has 0 bridgehead atoms. The molecule has 166 valence electrons. The molecule has 3 aromatic rings. The average molecular weight is 513 g/mol. The number of aryl methyl sites for hydroxylation is 1. The molecule has 0 aliphatic carbocycles. The molecule has 0 amide bonds. The number of thiazole rings is 1. The smallest absolute Gasteiger partial charge is 0.186 e. The summed E-state index contributed by atoms with van der Waals surface area (Å²) in [5.41, 5.74) is 2.48. The van der Waals surface area contributed by atoms with Gasteiger partial charge in [-0.15, -0.1) is 27.2 Å². The van der Waals surface area contributed by atoms with Gasteiger partial charge in [0, 0.05) is 31.6 Å². The largest absolute Gasteiger partial charge is 0.378 e. The lowest BCUT2D eigenvalue weighted by atomic mass is 10.1. The SMILES string of the molecule is Br.N#C/C(=C\c1sc(N2CCOCC2)nc1-c1ccccc1)c1nnc2n1CCCCC2. The van der Waals surface area contributed by atoms with E-state index in [1.165, 1.54) is 6.42 Å². The van der Waals surface area contributed by atoms with E-state index in [1.807, 2.05) is 24.3 Å². The summed E-state index contributed by atoms with van der Waals surface area (Å²) in [6, 6.07) is 12.5. The maximum absolute atomic E-state index is 10.0. The van der Waals surface area contributed by atoms with Crippen LogP contribution in [0.15, 0.2) is 30.3 Å². The molecule has 2 aromatic heterocycles. The Kier molecular flexibility index (Phi) is 7.35. The standard InChI is InChI=1S/C23H24N6OS.BrH/c24-16-18(22-27-26-20-9-5-2-6-10-29(20)22)15-19-21(17-7-3-1-4-8-17)25-23(31-19)28-11-13-30-14-12-28;/h1,3-4,7-8,15H,2,5-6,9-14H2;1H/b18-15+;. The van der Waals surface area contributed by atoms with Crippen molar-refractivity contribution in [2.24, 2.45) is 0 Å². The molecule has 5 rings (SSSR count). The number of fused-ring (bicyclic) bond motifs is 1. The molecule has 0 unspecified atom stereocenters.